The second-order valence-corrected chi connectivity index (χ2v) is 2.84. The Morgan fingerprint density at radius 2 is 2.31 bits per heavy atom. The van der Waals surface area contributed by atoms with Gasteiger partial charge < -0.3 is 9.15 Å². The molecule has 0 N–H and O–H groups in total. The first kappa shape index (κ1) is 8.19. The largest absolute Gasteiger partial charge is 0.460 e. The summed E-state index contributed by atoms with van der Waals surface area (Å²) in [6.07, 6.45) is 2.51. The number of hydrogen-bond donors (Lipinski definition) is 0. The highest BCUT2D eigenvalue weighted by molar-refractivity contribution is 6.00. The number of hydrogen-bond acceptors (Lipinski definition) is 4. The monoisotopic (exact) mass is 180 g/mol. The molecule has 0 saturated carbocycles. The Labute approximate surface area is 74.5 Å². The van der Waals surface area contributed by atoms with E-state index in [1.807, 2.05) is 0 Å². The van der Waals surface area contributed by atoms with E-state index in [0.29, 0.717) is 30.4 Å². The maximum atomic E-state index is 11.3. The average Bonchev–Trinajstić information content (AvgIpc) is 2.47. The fraction of sp³-hybridized carbons (Fsp3) is 0.333. The molecule has 68 valence electrons. The summed E-state index contributed by atoms with van der Waals surface area (Å²) in [5, 5.41) is 0. The van der Waals surface area contributed by atoms with Gasteiger partial charge in [-0.2, -0.15) is 0 Å². The van der Waals surface area contributed by atoms with Crippen LogP contribution in [0.2, 0.25) is 0 Å². The zero-order valence-corrected chi connectivity index (χ0v) is 6.91. The minimum absolute atomic E-state index is 0.0742. The molecule has 2 rings (SSSR count). The van der Waals surface area contributed by atoms with E-state index in [-0.39, 0.29) is 18.2 Å². The lowest BCUT2D eigenvalue weighted by molar-refractivity contribution is 0.0785. The molecule has 0 spiro atoms. The average molecular weight is 180 g/mol. The van der Waals surface area contributed by atoms with Crippen LogP contribution < -0.4 is 0 Å². The summed E-state index contributed by atoms with van der Waals surface area (Å²) >= 11 is 0. The van der Waals surface area contributed by atoms with Crippen LogP contribution in [0.5, 0.6) is 0 Å². The molecular weight excluding hydrogens is 172 g/mol. The predicted molar refractivity (Wildman–Crippen MR) is 42.9 cm³/mol. The highest BCUT2D eigenvalue weighted by Crippen LogP contribution is 2.19. The topological polar surface area (TPSA) is 56.5 Å². The van der Waals surface area contributed by atoms with Gasteiger partial charge in [-0.25, -0.2) is 0 Å². The first-order chi connectivity index (χ1) is 6.33. The van der Waals surface area contributed by atoms with Crippen LogP contribution in [0.15, 0.2) is 10.7 Å². The molecule has 2 heterocycles. The second kappa shape index (κ2) is 3.14. The molecule has 0 radical (unpaired) electrons. The number of aldehydes is 1. The number of rotatable bonds is 1. The molecule has 0 unspecified atom stereocenters. The fourth-order valence-electron chi connectivity index (χ4n) is 1.41. The van der Waals surface area contributed by atoms with Gasteiger partial charge in [0.05, 0.1) is 12.2 Å². The summed E-state index contributed by atoms with van der Waals surface area (Å²) in [5.41, 5.74) is 1.16. The summed E-state index contributed by atoms with van der Waals surface area (Å²) in [7, 11) is 0. The van der Waals surface area contributed by atoms with Crippen LogP contribution in [0, 0.1) is 0 Å². The molecule has 0 bridgehead atoms. The summed E-state index contributed by atoms with van der Waals surface area (Å²) in [6, 6.07) is 0. The lowest BCUT2D eigenvalue weighted by Gasteiger charge is -1.94. The Kier molecular flexibility index (Phi) is 1.98. The number of furan rings is 1. The Morgan fingerprint density at radius 3 is 3.08 bits per heavy atom. The maximum absolute atomic E-state index is 11.3. The first-order valence-electron chi connectivity index (χ1n) is 3.99. The number of fused-ring (bicyclic) bond motifs is 1. The van der Waals surface area contributed by atoms with Crippen molar-refractivity contribution in [2.45, 2.75) is 6.42 Å². The van der Waals surface area contributed by atoms with Crippen LogP contribution in [0.4, 0.5) is 0 Å². The number of ether oxygens (including phenoxy) is 1. The Bertz CT molecular complexity index is 350. The molecule has 0 amide bonds. The van der Waals surface area contributed by atoms with Gasteiger partial charge in [0.25, 0.3) is 0 Å². The van der Waals surface area contributed by atoms with Crippen molar-refractivity contribution < 1.29 is 18.7 Å². The molecular formula is C9H8O4. The number of Topliss-reactive ketones (excluding diaryl/α,β-unsaturated/α-hetero) is 1. The summed E-state index contributed by atoms with van der Waals surface area (Å²) in [5.74, 6) is 0.123. The molecule has 4 heteroatoms. The van der Waals surface area contributed by atoms with E-state index in [9.17, 15) is 9.59 Å². The molecule has 0 aromatic carbocycles. The summed E-state index contributed by atoms with van der Waals surface area (Å²) in [4.78, 5) is 21.8. The standard InChI is InChI=1S/C9H8O4/c10-3-9-6-1-2-12-5-8(11)7(6)4-13-9/h3-4H,1-2,5H2. The first-order valence-corrected chi connectivity index (χ1v) is 3.99. The molecule has 0 fully saturated rings. The van der Waals surface area contributed by atoms with E-state index in [4.69, 9.17) is 9.15 Å². The lowest BCUT2D eigenvalue weighted by Crippen LogP contribution is -2.05. The van der Waals surface area contributed by atoms with Gasteiger partial charge in [-0.3, -0.25) is 9.59 Å². The molecule has 1 aliphatic heterocycles. The van der Waals surface area contributed by atoms with E-state index in [0.717, 1.165) is 0 Å². The third-order valence-electron chi connectivity index (χ3n) is 2.06. The number of carbonyl (C=O) groups is 2. The third-order valence-corrected chi connectivity index (χ3v) is 2.06. The number of ketones is 1. The SMILES string of the molecule is O=Cc1occ2c1CCOCC2=O. The van der Waals surface area contributed by atoms with Crippen LogP contribution in [0.25, 0.3) is 0 Å². The highest BCUT2D eigenvalue weighted by Gasteiger charge is 2.21. The van der Waals surface area contributed by atoms with E-state index in [1.165, 1.54) is 6.26 Å². The summed E-state index contributed by atoms with van der Waals surface area (Å²) < 4.78 is 9.99. The quantitative estimate of drug-likeness (QED) is 0.601. The van der Waals surface area contributed by atoms with E-state index in [2.05, 4.69) is 0 Å². The van der Waals surface area contributed by atoms with Crippen molar-refractivity contribution in [2.24, 2.45) is 0 Å². The van der Waals surface area contributed by atoms with Gasteiger partial charge in [0.2, 0.25) is 0 Å². The zero-order valence-electron chi connectivity index (χ0n) is 6.91. The van der Waals surface area contributed by atoms with Crippen LogP contribution >= 0.6 is 0 Å². The highest BCUT2D eigenvalue weighted by atomic mass is 16.5. The van der Waals surface area contributed by atoms with Crippen LogP contribution in [0.1, 0.15) is 26.5 Å². The molecule has 13 heavy (non-hydrogen) atoms. The summed E-state index contributed by atoms with van der Waals surface area (Å²) in [6.45, 7) is 0.532. The van der Waals surface area contributed by atoms with Gasteiger partial charge in [-0.15, -0.1) is 0 Å². The zero-order chi connectivity index (χ0) is 9.26. The minimum Gasteiger partial charge on any atom is -0.460 e. The molecule has 0 aliphatic carbocycles. The van der Waals surface area contributed by atoms with Gasteiger partial charge in [0.1, 0.15) is 12.9 Å². The molecule has 1 aliphatic rings. The van der Waals surface area contributed by atoms with E-state index < -0.39 is 0 Å². The van der Waals surface area contributed by atoms with Crippen molar-refractivity contribution in [1.29, 1.82) is 0 Å². The van der Waals surface area contributed by atoms with Crippen LogP contribution in [-0.4, -0.2) is 25.3 Å². The van der Waals surface area contributed by atoms with Crippen molar-refractivity contribution in [1.82, 2.24) is 0 Å². The predicted octanol–water partition coefficient (Wildman–Crippen LogP) is 0.848. The molecule has 0 atom stereocenters. The van der Waals surface area contributed by atoms with Crippen LogP contribution in [-0.2, 0) is 11.2 Å². The Balaban J connectivity index is 2.49. The second-order valence-electron chi connectivity index (χ2n) is 2.84. The Hall–Kier alpha value is -1.42. The maximum Gasteiger partial charge on any atom is 0.191 e. The lowest BCUT2D eigenvalue weighted by atomic mass is 10.1. The van der Waals surface area contributed by atoms with E-state index >= 15 is 0 Å². The molecule has 1 aromatic rings. The molecule has 0 saturated heterocycles. The van der Waals surface area contributed by atoms with Gasteiger partial charge >= 0.3 is 0 Å². The van der Waals surface area contributed by atoms with Crippen molar-refractivity contribution in [3.05, 3.63) is 23.2 Å². The Morgan fingerprint density at radius 1 is 1.46 bits per heavy atom. The van der Waals surface area contributed by atoms with Gasteiger partial charge in [0.15, 0.2) is 17.8 Å². The van der Waals surface area contributed by atoms with Crippen molar-refractivity contribution in [2.75, 3.05) is 13.2 Å². The number of carbonyl (C=O) groups excluding carboxylic acids is 2. The van der Waals surface area contributed by atoms with E-state index in [1.54, 1.807) is 0 Å². The normalized spacial score (nSPS) is 16.5. The van der Waals surface area contributed by atoms with Gasteiger partial charge in [-0.1, -0.05) is 0 Å². The van der Waals surface area contributed by atoms with Crippen LogP contribution in [0.3, 0.4) is 0 Å². The van der Waals surface area contributed by atoms with Crippen molar-refractivity contribution in [3.63, 3.8) is 0 Å². The smallest absolute Gasteiger partial charge is 0.191 e. The fourth-order valence-corrected chi connectivity index (χ4v) is 1.41. The molecule has 4 nitrogen and oxygen atoms in total. The third kappa shape index (κ3) is 1.29. The van der Waals surface area contributed by atoms with Gasteiger partial charge in [-0.05, 0) is 0 Å². The van der Waals surface area contributed by atoms with Crippen molar-refractivity contribution in [3.8, 4) is 0 Å². The van der Waals surface area contributed by atoms with Gasteiger partial charge in [0, 0.05) is 12.0 Å². The van der Waals surface area contributed by atoms with Crippen molar-refractivity contribution >= 4 is 12.1 Å². The molecule has 1 aromatic heterocycles. The minimum atomic E-state index is -0.121.